The summed E-state index contributed by atoms with van der Waals surface area (Å²) in [6, 6.07) is 16.4. The second-order valence-electron chi connectivity index (χ2n) is 4.84. The first-order valence-electron chi connectivity index (χ1n) is 6.70. The van der Waals surface area contributed by atoms with Crippen molar-refractivity contribution in [1.82, 2.24) is 0 Å². The van der Waals surface area contributed by atoms with Gasteiger partial charge in [-0.25, -0.2) is 0 Å². The predicted octanol–water partition coefficient (Wildman–Crippen LogP) is 4.68. The lowest BCUT2D eigenvalue weighted by Gasteiger charge is -2.12. The van der Waals surface area contributed by atoms with Gasteiger partial charge in [-0.3, -0.25) is 0 Å². The molecular formula is C17H19BrO. The molecule has 0 saturated carbocycles. The van der Waals surface area contributed by atoms with Crippen molar-refractivity contribution in [1.29, 1.82) is 0 Å². The summed E-state index contributed by atoms with van der Waals surface area (Å²) in [6.45, 7) is 2.18. The molecule has 0 fully saturated rings. The Kier molecular flexibility index (Phi) is 5.17. The van der Waals surface area contributed by atoms with Gasteiger partial charge >= 0.3 is 0 Å². The Morgan fingerprint density at radius 2 is 1.53 bits per heavy atom. The van der Waals surface area contributed by atoms with E-state index < -0.39 is 6.10 Å². The van der Waals surface area contributed by atoms with E-state index in [2.05, 4.69) is 35.0 Å². The molecule has 2 rings (SSSR count). The Morgan fingerprint density at radius 3 is 2.11 bits per heavy atom. The highest BCUT2D eigenvalue weighted by atomic mass is 79.9. The van der Waals surface area contributed by atoms with Crippen molar-refractivity contribution in [3.05, 3.63) is 69.7 Å². The van der Waals surface area contributed by atoms with E-state index in [0.717, 1.165) is 28.4 Å². The molecule has 0 heterocycles. The molecule has 2 aromatic rings. The fraction of sp³-hybridized carbons (Fsp3) is 0.294. The van der Waals surface area contributed by atoms with Gasteiger partial charge in [-0.05, 0) is 35.2 Å². The first-order valence-corrected chi connectivity index (χ1v) is 7.49. The van der Waals surface area contributed by atoms with Crippen LogP contribution in [0.25, 0.3) is 0 Å². The van der Waals surface area contributed by atoms with Crippen LogP contribution in [0.1, 0.15) is 36.1 Å². The van der Waals surface area contributed by atoms with Crippen LogP contribution in [0.4, 0.5) is 0 Å². The number of aryl methyl sites for hydroxylation is 1. The van der Waals surface area contributed by atoms with Gasteiger partial charge in [0.1, 0.15) is 0 Å². The smallest absolute Gasteiger partial charge is 0.0830 e. The maximum Gasteiger partial charge on any atom is 0.0830 e. The van der Waals surface area contributed by atoms with Crippen LogP contribution in [0.3, 0.4) is 0 Å². The topological polar surface area (TPSA) is 20.2 Å². The van der Waals surface area contributed by atoms with Crippen LogP contribution >= 0.6 is 15.9 Å². The minimum Gasteiger partial charge on any atom is -0.388 e. The molecular weight excluding hydrogens is 300 g/mol. The quantitative estimate of drug-likeness (QED) is 0.848. The van der Waals surface area contributed by atoms with E-state index in [-0.39, 0.29) is 0 Å². The maximum absolute atomic E-state index is 10.3. The average molecular weight is 319 g/mol. The first kappa shape index (κ1) is 14.3. The van der Waals surface area contributed by atoms with E-state index in [1.54, 1.807) is 0 Å². The molecule has 0 aromatic heterocycles. The molecule has 1 atom stereocenters. The van der Waals surface area contributed by atoms with Gasteiger partial charge in [-0.15, -0.1) is 0 Å². The maximum atomic E-state index is 10.3. The summed E-state index contributed by atoms with van der Waals surface area (Å²) in [5.74, 6) is 0. The van der Waals surface area contributed by atoms with Crippen molar-refractivity contribution in [2.45, 2.75) is 32.3 Å². The van der Waals surface area contributed by atoms with E-state index >= 15 is 0 Å². The van der Waals surface area contributed by atoms with Crippen LogP contribution in [0.15, 0.2) is 53.0 Å². The Bertz CT molecular complexity index is 502. The third-order valence-corrected chi connectivity index (χ3v) is 3.77. The van der Waals surface area contributed by atoms with E-state index in [0.29, 0.717) is 6.42 Å². The van der Waals surface area contributed by atoms with Crippen LogP contribution in [-0.2, 0) is 12.8 Å². The van der Waals surface area contributed by atoms with Gasteiger partial charge in [0.25, 0.3) is 0 Å². The predicted molar refractivity (Wildman–Crippen MR) is 83.2 cm³/mol. The second-order valence-corrected chi connectivity index (χ2v) is 5.75. The number of hydrogen-bond donors (Lipinski definition) is 1. The van der Waals surface area contributed by atoms with Crippen LogP contribution in [0, 0.1) is 0 Å². The molecule has 0 aliphatic carbocycles. The molecule has 100 valence electrons. The summed E-state index contributed by atoms with van der Waals surface area (Å²) in [7, 11) is 0. The zero-order valence-electron chi connectivity index (χ0n) is 11.1. The van der Waals surface area contributed by atoms with Crippen molar-refractivity contribution in [2.75, 3.05) is 0 Å². The SMILES string of the molecule is CCCc1ccc(C(O)Cc2ccc(Br)cc2)cc1. The van der Waals surface area contributed by atoms with Gasteiger partial charge in [0.2, 0.25) is 0 Å². The third kappa shape index (κ3) is 4.19. The van der Waals surface area contributed by atoms with Gasteiger partial charge < -0.3 is 5.11 Å². The number of rotatable bonds is 5. The average Bonchev–Trinajstić information content (AvgIpc) is 2.42. The van der Waals surface area contributed by atoms with Crippen LogP contribution in [0.5, 0.6) is 0 Å². The number of halogens is 1. The summed E-state index contributed by atoms with van der Waals surface area (Å²) in [4.78, 5) is 0. The summed E-state index contributed by atoms with van der Waals surface area (Å²) in [5, 5.41) is 10.3. The molecule has 0 spiro atoms. The Balaban J connectivity index is 2.02. The van der Waals surface area contributed by atoms with E-state index in [4.69, 9.17) is 0 Å². The molecule has 1 nitrogen and oxygen atoms in total. The minimum atomic E-state index is -0.433. The normalized spacial score (nSPS) is 12.4. The standard InChI is InChI=1S/C17H19BrO/c1-2-3-13-4-8-15(9-5-13)17(19)12-14-6-10-16(18)11-7-14/h4-11,17,19H,2-3,12H2,1H3. The molecule has 2 heteroatoms. The van der Waals surface area contributed by atoms with Crippen molar-refractivity contribution in [3.63, 3.8) is 0 Å². The molecule has 0 radical (unpaired) electrons. The van der Waals surface area contributed by atoms with E-state index in [1.165, 1.54) is 5.56 Å². The number of hydrogen-bond acceptors (Lipinski definition) is 1. The van der Waals surface area contributed by atoms with Gasteiger partial charge in [-0.2, -0.15) is 0 Å². The lowest BCUT2D eigenvalue weighted by Crippen LogP contribution is -2.01. The molecule has 2 aromatic carbocycles. The lowest BCUT2D eigenvalue weighted by atomic mass is 9.99. The highest BCUT2D eigenvalue weighted by Crippen LogP contribution is 2.20. The molecule has 1 N–H and O–H groups in total. The van der Waals surface area contributed by atoms with Crippen molar-refractivity contribution >= 4 is 15.9 Å². The fourth-order valence-corrected chi connectivity index (χ4v) is 2.42. The van der Waals surface area contributed by atoms with Gasteiger partial charge in [-0.1, -0.05) is 65.7 Å². The lowest BCUT2D eigenvalue weighted by molar-refractivity contribution is 0.178. The molecule has 0 aliphatic heterocycles. The van der Waals surface area contributed by atoms with Crippen molar-refractivity contribution < 1.29 is 5.11 Å². The molecule has 0 aliphatic rings. The molecule has 0 bridgehead atoms. The Morgan fingerprint density at radius 1 is 0.947 bits per heavy atom. The number of aliphatic hydroxyl groups excluding tert-OH is 1. The zero-order chi connectivity index (χ0) is 13.7. The summed E-state index contributed by atoms with van der Waals surface area (Å²) >= 11 is 3.42. The Labute approximate surface area is 123 Å². The van der Waals surface area contributed by atoms with Crippen molar-refractivity contribution in [2.24, 2.45) is 0 Å². The van der Waals surface area contributed by atoms with Crippen LogP contribution in [-0.4, -0.2) is 5.11 Å². The zero-order valence-corrected chi connectivity index (χ0v) is 12.7. The van der Waals surface area contributed by atoms with Gasteiger partial charge in [0.15, 0.2) is 0 Å². The Hall–Kier alpha value is -1.12. The summed E-state index contributed by atoms with van der Waals surface area (Å²) < 4.78 is 1.06. The molecule has 0 saturated heterocycles. The van der Waals surface area contributed by atoms with E-state index in [9.17, 15) is 5.11 Å². The second kappa shape index (κ2) is 6.88. The van der Waals surface area contributed by atoms with Gasteiger partial charge in [0.05, 0.1) is 6.10 Å². The largest absolute Gasteiger partial charge is 0.388 e. The van der Waals surface area contributed by atoms with Crippen LogP contribution in [0.2, 0.25) is 0 Å². The highest BCUT2D eigenvalue weighted by Gasteiger charge is 2.08. The summed E-state index contributed by atoms with van der Waals surface area (Å²) in [5.41, 5.74) is 3.47. The number of benzene rings is 2. The van der Waals surface area contributed by atoms with Crippen LogP contribution < -0.4 is 0 Å². The number of aliphatic hydroxyl groups is 1. The minimum absolute atomic E-state index is 0.433. The monoisotopic (exact) mass is 318 g/mol. The summed E-state index contributed by atoms with van der Waals surface area (Å²) in [6.07, 6.45) is 2.47. The molecule has 19 heavy (non-hydrogen) atoms. The van der Waals surface area contributed by atoms with Crippen molar-refractivity contribution in [3.8, 4) is 0 Å². The fourth-order valence-electron chi connectivity index (χ4n) is 2.16. The molecule has 1 unspecified atom stereocenters. The first-order chi connectivity index (χ1) is 9.19. The third-order valence-electron chi connectivity index (χ3n) is 3.25. The van der Waals surface area contributed by atoms with E-state index in [1.807, 2.05) is 36.4 Å². The molecule has 0 amide bonds. The van der Waals surface area contributed by atoms with Gasteiger partial charge in [0, 0.05) is 10.9 Å². The highest BCUT2D eigenvalue weighted by molar-refractivity contribution is 9.10.